The highest BCUT2D eigenvalue weighted by Gasteiger charge is 2.36. The maximum atomic E-state index is 12.7. The molecular formula is C31H42N2O3. The third-order valence-electron chi connectivity index (χ3n) is 7.33. The number of esters is 1. The second-order valence-electron chi connectivity index (χ2n) is 10.2. The maximum absolute atomic E-state index is 12.7. The Kier molecular flexibility index (Phi) is 11.3. The van der Waals surface area contributed by atoms with E-state index in [9.17, 15) is 10.1 Å². The topological polar surface area (TPSA) is 72.2 Å². The second kappa shape index (κ2) is 14.6. The van der Waals surface area contributed by atoms with Crippen LogP contribution in [0.1, 0.15) is 108 Å². The SMILES string of the molecule is CCCCCCCC1(C#N)CCC(OC(=O)c2ccc(-c3ccc(OCCCCC)cn3)cc2)CC1. The van der Waals surface area contributed by atoms with Gasteiger partial charge in [0.1, 0.15) is 11.9 Å². The van der Waals surface area contributed by atoms with Crippen LogP contribution in [0.5, 0.6) is 5.75 Å². The number of hydrogen-bond acceptors (Lipinski definition) is 5. The van der Waals surface area contributed by atoms with Gasteiger partial charge in [-0.05, 0) is 62.8 Å². The molecule has 0 bridgehead atoms. The quantitative estimate of drug-likeness (QED) is 0.197. The summed E-state index contributed by atoms with van der Waals surface area (Å²) in [6.07, 6.45) is 15.3. The Morgan fingerprint density at radius 1 is 0.972 bits per heavy atom. The molecule has 1 aliphatic carbocycles. The molecule has 1 fully saturated rings. The van der Waals surface area contributed by atoms with Crippen molar-refractivity contribution >= 4 is 5.97 Å². The van der Waals surface area contributed by atoms with E-state index >= 15 is 0 Å². The molecule has 0 unspecified atom stereocenters. The normalized spacial score (nSPS) is 19.4. The van der Waals surface area contributed by atoms with E-state index in [-0.39, 0.29) is 17.5 Å². The van der Waals surface area contributed by atoms with Crippen LogP contribution in [0, 0.1) is 16.7 Å². The third-order valence-corrected chi connectivity index (χ3v) is 7.33. The lowest BCUT2D eigenvalue weighted by Gasteiger charge is -2.34. The molecule has 0 radical (unpaired) electrons. The number of benzene rings is 1. The van der Waals surface area contributed by atoms with E-state index in [0.29, 0.717) is 12.2 Å². The van der Waals surface area contributed by atoms with Gasteiger partial charge in [0, 0.05) is 5.56 Å². The number of unbranched alkanes of at least 4 members (excludes halogenated alkanes) is 6. The fourth-order valence-corrected chi connectivity index (χ4v) is 4.92. The van der Waals surface area contributed by atoms with Gasteiger partial charge in [-0.15, -0.1) is 0 Å². The van der Waals surface area contributed by atoms with E-state index in [1.807, 2.05) is 24.3 Å². The predicted octanol–water partition coefficient (Wildman–Crippen LogP) is 8.29. The highest BCUT2D eigenvalue weighted by Crippen LogP contribution is 2.41. The fourth-order valence-electron chi connectivity index (χ4n) is 4.92. The first kappa shape index (κ1) is 27.7. The Labute approximate surface area is 217 Å². The molecule has 2 aromatic rings. The minimum Gasteiger partial charge on any atom is -0.492 e. The summed E-state index contributed by atoms with van der Waals surface area (Å²) in [7, 11) is 0. The molecule has 0 amide bonds. The first-order chi connectivity index (χ1) is 17.6. The van der Waals surface area contributed by atoms with E-state index in [2.05, 4.69) is 24.9 Å². The molecule has 1 aliphatic rings. The van der Waals surface area contributed by atoms with Crippen molar-refractivity contribution in [2.24, 2.45) is 5.41 Å². The van der Waals surface area contributed by atoms with Gasteiger partial charge in [-0.25, -0.2) is 4.79 Å². The summed E-state index contributed by atoms with van der Waals surface area (Å²) < 4.78 is 11.5. The summed E-state index contributed by atoms with van der Waals surface area (Å²) in [5.74, 6) is 0.485. The maximum Gasteiger partial charge on any atom is 0.338 e. The van der Waals surface area contributed by atoms with Crippen LogP contribution in [0.4, 0.5) is 0 Å². The standard InChI is InChI=1S/C31H42N2O3/c1-3-5-7-8-9-19-31(24-32)20-17-27(18-21-31)36-30(34)26-13-11-25(12-14-26)29-16-15-28(23-33-29)35-22-10-6-4-2/h11-16,23,27H,3-10,17-22H2,1-2H3. The molecule has 1 heterocycles. The fraction of sp³-hybridized carbons (Fsp3) is 0.581. The number of nitrogens with zero attached hydrogens (tertiary/aromatic N) is 2. The van der Waals surface area contributed by atoms with Crippen molar-refractivity contribution in [3.8, 4) is 23.1 Å². The number of carbonyl (C=O) groups excluding carboxylic acids is 1. The van der Waals surface area contributed by atoms with Gasteiger partial charge in [0.2, 0.25) is 0 Å². The van der Waals surface area contributed by atoms with Crippen LogP contribution in [-0.4, -0.2) is 23.7 Å². The van der Waals surface area contributed by atoms with Crippen LogP contribution in [0.15, 0.2) is 42.6 Å². The molecule has 194 valence electrons. The molecule has 3 rings (SSSR count). The summed E-state index contributed by atoms with van der Waals surface area (Å²) in [4.78, 5) is 17.2. The van der Waals surface area contributed by atoms with Crippen LogP contribution in [-0.2, 0) is 4.74 Å². The Morgan fingerprint density at radius 2 is 1.67 bits per heavy atom. The number of carbonyl (C=O) groups is 1. The lowest BCUT2D eigenvalue weighted by Crippen LogP contribution is -2.31. The lowest BCUT2D eigenvalue weighted by atomic mass is 9.71. The van der Waals surface area contributed by atoms with Crippen molar-refractivity contribution in [3.05, 3.63) is 48.2 Å². The predicted molar refractivity (Wildman–Crippen MR) is 144 cm³/mol. The molecule has 0 saturated heterocycles. The third kappa shape index (κ3) is 8.36. The Bertz CT molecular complexity index is 955. The van der Waals surface area contributed by atoms with Gasteiger partial charge in [0.25, 0.3) is 0 Å². The molecule has 5 heteroatoms. The van der Waals surface area contributed by atoms with Gasteiger partial charge in [0.15, 0.2) is 0 Å². The molecular weight excluding hydrogens is 448 g/mol. The minimum absolute atomic E-state index is 0.106. The molecule has 0 atom stereocenters. The van der Waals surface area contributed by atoms with Crippen molar-refractivity contribution in [2.75, 3.05) is 6.61 Å². The first-order valence-corrected chi connectivity index (χ1v) is 13.9. The molecule has 1 saturated carbocycles. The van der Waals surface area contributed by atoms with E-state index < -0.39 is 0 Å². The summed E-state index contributed by atoms with van der Waals surface area (Å²) in [5, 5.41) is 9.81. The van der Waals surface area contributed by atoms with Gasteiger partial charge in [-0.2, -0.15) is 5.26 Å². The zero-order valence-electron chi connectivity index (χ0n) is 22.1. The average Bonchev–Trinajstić information content (AvgIpc) is 2.92. The van der Waals surface area contributed by atoms with Crippen molar-refractivity contribution in [2.45, 2.75) is 103 Å². The van der Waals surface area contributed by atoms with Crippen molar-refractivity contribution < 1.29 is 14.3 Å². The van der Waals surface area contributed by atoms with Gasteiger partial charge in [0.05, 0.1) is 35.5 Å². The molecule has 1 aromatic heterocycles. The summed E-state index contributed by atoms with van der Waals surface area (Å²) >= 11 is 0. The Balaban J connectivity index is 1.46. The van der Waals surface area contributed by atoms with Crippen molar-refractivity contribution in [1.29, 1.82) is 5.26 Å². The highest BCUT2D eigenvalue weighted by atomic mass is 16.5. The Morgan fingerprint density at radius 3 is 2.31 bits per heavy atom. The van der Waals surface area contributed by atoms with Gasteiger partial charge in [-0.3, -0.25) is 4.98 Å². The van der Waals surface area contributed by atoms with E-state index in [1.165, 1.54) is 38.5 Å². The smallest absolute Gasteiger partial charge is 0.338 e. The van der Waals surface area contributed by atoms with E-state index in [1.54, 1.807) is 18.3 Å². The molecule has 36 heavy (non-hydrogen) atoms. The lowest BCUT2D eigenvalue weighted by molar-refractivity contribution is 0.0105. The van der Waals surface area contributed by atoms with Crippen LogP contribution in [0.25, 0.3) is 11.3 Å². The van der Waals surface area contributed by atoms with Gasteiger partial charge in [-0.1, -0.05) is 70.9 Å². The summed E-state index contributed by atoms with van der Waals surface area (Å²) in [6, 6.07) is 13.9. The second-order valence-corrected chi connectivity index (χ2v) is 10.2. The van der Waals surface area contributed by atoms with Crippen LogP contribution >= 0.6 is 0 Å². The van der Waals surface area contributed by atoms with Crippen LogP contribution in [0.2, 0.25) is 0 Å². The molecule has 5 nitrogen and oxygen atoms in total. The minimum atomic E-state index is -0.292. The Hall–Kier alpha value is -2.87. The van der Waals surface area contributed by atoms with Crippen LogP contribution < -0.4 is 4.74 Å². The summed E-state index contributed by atoms with van der Waals surface area (Å²) in [6.45, 7) is 5.10. The summed E-state index contributed by atoms with van der Waals surface area (Å²) in [5.41, 5.74) is 2.09. The van der Waals surface area contributed by atoms with Crippen molar-refractivity contribution in [3.63, 3.8) is 0 Å². The monoisotopic (exact) mass is 490 g/mol. The van der Waals surface area contributed by atoms with Gasteiger partial charge < -0.3 is 9.47 Å². The van der Waals surface area contributed by atoms with Crippen molar-refractivity contribution in [1.82, 2.24) is 4.98 Å². The number of hydrogen-bond donors (Lipinski definition) is 0. The molecule has 0 spiro atoms. The zero-order chi connectivity index (χ0) is 25.6. The number of aromatic nitrogens is 1. The number of pyridine rings is 1. The first-order valence-electron chi connectivity index (χ1n) is 13.9. The van der Waals surface area contributed by atoms with Crippen LogP contribution in [0.3, 0.4) is 0 Å². The highest BCUT2D eigenvalue weighted by molar-refractivity contribution is 5.90. The number of ether oxygens (including phenoxy) is 2. The zero-order valence-corrected chi connectivity index (χ0v) is 22.1. The number of nitriles is 1. The largest absolute Gasteiger partial charge is 0.492 e. The molecule has 0 aliphatic heterocycles. The molecule has 1 aromatic carbocycles. The number of rotatable bonds is 14. The average molecular weight is 491 g/mol. The van der Waals surface area contributed by atoms with Gasteiger partial charge >= 0.3 is 5.97 Å². The molecule has 0 N–H and O–H groups in total. The van der Waals surface area contributed by atoms with E-state index in [4.69, 9.17) is 9.47 Å². The van der Waals surface area contributed by atoms with E-state index in [0.717, 1.165) is 62.0 Å².